The van der Waals surface area contributed by atoms with Gasteiger partial charge in [-0.3, -0.25) is 14.9 Å². The van der Waals surface area contributed by atoms with Gasteiger partial charge in [0.15, 0.2) is 0 Å². The molecule has 2 unspecified atom stereocenters. The first-order chi connectivity index (χ1) is 8.90. The van der Waals surface area contributed by atoms with E-state index >= 15 is 0 Å². The second-order valence-corrected chi connectivity index (χ2v) is 5.06. The van der Waals surface area contributed by atoms with Crippen LogP contribution in [0, 0.1) is 34.7 Å². The van der Waals surface area contributed by atoms with Crippen molar-refractivity contribution < 1.29 is 14.1 Å². The lowest BCUT2D eigenvalue weighted by molar-refractivity contribution is -0.385. The number of halogens is 1. The Kier molecular flexibility index (Phi) is 3.50. The van der Waals surface area contributed by atoms with Crippen molar-refractivity contribution in [3.05, 3.63) is 39.2 Å². The third-order valence-electron chi connectivity index (χ3n) is 3.50. The Balaban J connectivity index is 2.17. The van der Waals surface area contributed by atoms with E-state index in [2.05, 4.69) is 12.2 Å². The van der Waals surface area contributed by atoms with Gasteiger partial charge in [-0.15, -0.1) is 0 Å². The lowest BCUT2D eigenvalue weighted by Crippen LogP contribution is -2.27. The Morgan fingerprint density at radius 3 is 2.74 bits per heavy atom. The molecule has 1 N–H and O–H groups in total. The highest BCUT2D eigenvalue weighted by molar-refractivity contribution is 5.95. The minimum absolute atomic E-state index is 0.0964. The number of non-ortho nitro benzene ring substituents is 1. The fraction of sp³-hybridized carbons (Fsp3) is 0.462. The standard InChI is InChI=1S/C13H15FN2O3/c1-7-3-9(7)6-15-13(17)11-5-10(16(18)19)4-8(2)12(11)14/h4-5,7,9H,3,6H2,1-2H3,(H,15,17). The van der Waals surface area contributed by atoms with E-state index in [0.29, 0.717) is 18.4 Å². The van der Waals surface area contributed by atoms with Crippen molar-refractivity contribution in [2.45, 2.75) is 20.3 Å². The maximum absolute atomic E-state index is 13.8. The van der Waals surface area contributed by atoms with Gasteiger partial charge in [0.05, 0.1) is 10.5 Å². The van der Waals surface area contributed by atoms with Gasteiger partial charge < -0.3 is 5.32 Å². The number of hydrogen-bond donors (Lipinski definition) is 1. The highest BCUT2D eigenvalue weighted by Gasteiger charge is 2.32. The summed E-state index contributed by atoms with van der Waals surface area (Å²) in [6.45, 7) is 3.97. The fourth-order valence-electron chi connectivity index (χ4n) is 2.02. The van der Waals surface area contributed by atoms with Gasteiger partial charge in [-0.2, -0.15) is 0 Å². The van der Waals surface area contributed by atoms with Crippen LogP contribution in [-0.4, -0.2) is 17.4 Å². The topological polar surface area (TPSA) is 72.2 Å². The van der Waals surface area contributed by atoms with Crippen LogP contribution >= 0.6 is 0 Å². The molecule has 0 aliphatic heterocycles. The van der Waals surface area contributed by atoms with Crippen LogP contribution in [0.2, 0.25) is 0 Å². The van der Waals surface area contributed by atoms with Gasteiger partial charge in [-0.05, 0) is 30.7 Å². The Bertz CT molecular complexity index is 545. The van der Waals surface area contributed by atoms with Crippen LogP contribution in [0.25, 0.3) is 0 Å². The summed E-state index contributed by atoms with van der Waals surface area (Å²) in [6, 6.07) is 2.10. The average Bonchev–Trinajstić information content (AvgIpc) is 3.05. The van der Waals surface area contributed by atoms with Crippen molar-refractivity contribution in [2.75, 3.05) is 6.54 Å². The summed E-state index contributed by atoms with van der Waals surface area (Å²) >= 11 is 0. The first kappa shape index (κ1) is 13.5. The summed E-state index contributed by atoms with van der Waals surface area (Å²) in [6.07, 6.45) is 1.05. The Hall–Kier alpha value is -1.98. The van der Waals surface area contributed by atoms with Gasteiger partial charge in [0.25, 0.3) is 11.6 Å². The molecule has 0 aromatic heterocycles. The number of nitro groups is 1. The second-order valence-electron chi connectivity index (χ2n) is 5.06. The van der Waals surface area contributed by atoms with Crippen molar-refractivity contribution >= 4 is 11.6 Å². The zero-order valence-electron chi connectivity index (χ0n) is 10.8. The largest absolute Gasteiger partial charge is 0.352 e. The van der Waals surface area contributed by atoms with Crippen LogP contribution in [-0.2, 0) is 0 Å². The molecule has 19 heavy (non-hydrogen) atoms. The molecule has 0 spiro atoms. The molecule has 0 radical (unpaired) electrons. The fourth-order valence-corrected chi connectivity index (χ4v) is 2.02. The summed E-state index contributed by atoms with van der Waals surface area (Å²) in [4.78, 5) is 21.9. The number of nitrogens with zero attached hydrogens (tertiary/aromatic N) is 1. The average molecular weight is 266 g/mol. The first-order valence-electron chi connectivity index (χ1n) is 6.13. The molecule has 2 atom stereocenters. The summed E-state index contributed by atoms with van der Waals surface area (Å²) in [5, 5.41) is 13.3. The van der Waals surface area contributed by atoms with Crippen LogP contribution in [0.3, 0.4) is 0 Å². The number of carbonyl (C=O) groups is 1. The number of carbonyl (C=O) groups excluding carboxylic acids is 1. The van der Waals surface area contributed by atoms with E-state index < -0.39 is 16.6 Å². The minimum atomic E-state index is -0.702. The minimum Gasteiger partial charge on any atom is -0.352 e. The molecule has 1 fully saturated rings. The molecular weight excluding hydrogens is 251 g/mol. The molecule has 2 rings (SSSR count). The number of rotatable bonds is 4. The highest BCUT2D eigenvalue weighted by atomic mass is 19.1. The van der Waals surface area contributed by atoms with Crippen LogP contribution in [0.5, 0.6) is 0 Å². The predicted molar refractivity (Wildman–Crippen MR) is 67.4 cm³/mol. The molecule has 102 valence electrons. The molecule has 1 aliphatic carbocycles. The molecule has 0 bridgehead atoms. The number of benzene rings is 1. The van der Waals surface area contributed by atoms with Crippen LogP contribution in [0.4, 0.5) is 10.1 Å². The molecule has 0 heterocycles. The van der Waals surface area contributed by atoms with E-state index in [1.165, 1.54) is 6.92 Å². The highest BCUT2D eigenvalue weighted by Crippen LogP contribution is 2.36. The number of nitro benzene ring substituents is 1. The molecule has 1 amide bonds. The van der Waals surface area contributed by atoms with Crippen LogP contribution < -0.4 is 5.32 Å². The molecule has 0 saturated heterocycles. The first-order valence-corrected chi connectivity index (χ1v) is 6.13. The maximum atomic E-state index is 13.8. The number of hydrogen-bond acceptors (Lipinski definition) is 3. The van der Waals surface area contributed by atoms with Gasteiger partial charge in [0.2, 0.25) is 0 Å². The van der Waals surface area contributed by atoms with E-state index in [9.17, 15) is 19.3 Å². The van der Waals surface area contributed by atoms with Crippen molar-refractivity contribution in [2.24, 2.45) is 11.8 Å². The van der Waals surface area contributed by atoms with E-state index in [-0.39, 0.29) is 16.8 Å². The summed E-state index contributed by atoms with van der Waals surface area (Å²) < 4.78 is 13.8. The quantitative estimate of drug-likeness (QED) is 0.672. The van der Waals surface area contributed by atoms with E-state index in [1.807, 2.05) is 0 Å². The third-order valence-corrected chi connectivity index (χ3v) is 3.50. The van der Waals surface area contributed by atoms with Gasteiger partial charge in [-0.1, -0.05) is 6.92 Å². The summed E-state index contributed by atoms with van der Waals surface area (Å²) in [5.74, 6) is -0.279. The Morgan fingerprint density at radius 1 is 1.58 bits per heavy atom. The molecular formula is C13H15FN2O3. The second kappa shape index (κ2) is 4.95. The van der Waals surface area contributed by atoms with E-state index in [1.54, 1.807) is 0 Å². The van der Waals surface area contributed by atoms with Crippen molar-refractivity contribution in [3.8, 4) is 0 Å². The van der Waals surface area contributed by atoms with Gasteiger partial charge >= 0.3 is 0 Å². The Labute approximate surface area is 110 Å². The van der Waals surface area contributed by atoms with Crippen molar-refractivity contribution in [3.63, 3.8) is 0 Å². The zero-order valence-corrected chi connectivity index (χ0v) is 10.8. The molecule has 5 nitrogen and oxygen atoms in total. The van der Waals surface area contributed by atoms with Gasteiger partial charge in [0.1, 0.15) is 5.82 Å². The molecule has 1 aromatic carbocycles. The van der Waals surface area contributed by atoms with Gasteiger partial charge in [-0.25, -0.2) is 4.39 Å². The summed E-state index contributed by atoms with van der Waals surface area (Å²) in [5.41, 5.74) is -0.442. The van der Waals surface area contributed by atoms with E-state index in [4.69, 9.17) is 0 Å². The number of amides is 1. The lowest BCUT2D eigenvalue weighted by atomic mass is 10.1. The molecule has 6 heteroatoms. The SMILES string of the molecule is Cc1cc([N+](=O)[O-])cc(C(=O)NCC2CC2C)c1F. The number of aryl methyl sites for hydroxylation is 1. The van der Waals surface area contributed by atoms with Crippen LogP contribution in [0.1, 0.15) is 29.3 Å². The van der Waals surface area contributed by atoms with Crippen LogP contribution in [0.15, 0.2) is 12.1 Å². The monoisotopic (exact) mass is 266 g/mol. The molecule has 1 aromatic rings. The van der Waals surface area contributed by atoms with Gasteiger partial charge in [0, 0.05) is 18.7 Å². The third kappa shape index (κ3) is 2.89. The normalized spacial score (nSPS) is 21.0. The number of nitrogens with one attached hydrogen (secondary N) is 1. The maximum Gasteiger partial charge on any atom is 0.270 e. The predicted octanol–water partition coefficient (Wildman–Crippen LogP) is 2.43. The molecule has 1 aliphatic rings. The summed E-state index contributed by atoms with van der Waals surface area (Å²) in [7, 11) is 0. The van der Waals surface area contributed by atoms with Crippen molar-refractivity contribution in [1.29, 1.82) is 0 Å². The van der Waals surface area contributed by atoms with E-state index in [0.717, 1.165) is 18.6 Å². The molecule has 1 saturated carbocycles. The van der Waals surface area contributed by atoms with Crippen molar-refractivity contribution in [1.82, 2.24) is 5.32 Å². The zero-order chi connectivity index (χ0) is 14.2. The Morgan fingerprint density at radius 2 is 2.21 bits per heavy atom. The lowest BCUT2D eigenvalue weighted by Gasteiger charge is -2.07. The smallest absolute Gasteiger partial charge is 0.270 e.